The van der Waals surface area contributed by atoms with Gasteiger partial charge in [-0.05, 0) is 49.6 Å². The number of pyridine rings is 1. The first kappa shape index (κ1) is 20.1. The number of halogens is 1. The monoisotopic (exact) mass is 418 g/mol. The van der Waals surface area contributed by atoms with E-state index in [1.54, 1.807) is 10.9 Å². The van der Waals surface area contributed by atoms with E-state index < -0.39 is 0 Å². The molecule has 0 aliphatic rings. The smallest absolute Gasteiger partial charge is 0.252 e. The van der Waals surface area contributed by atoms with Gasteiger partial charge in [0.2, 0.25) is 0 Å². The molecule has 0 spiro atoms. The molecular weight excluding hydrogens is 396 g/mol. The Bertz CT molecular complexity index is 1230. The standard InChI is InChI=1S/C24H23ClN4O/c1-15-4-9-19(16(2)12-15)22-13-20(21-14-27-29(3)23(21)28-22)24(30)26-11-10-17-5-7-18(25)8-6-17/h4-9,12-14H,10-11H2,1-3H3,(H,26,30). The van der Waals surface area contributed by atoms with Gasteiger partial charge in [-0.15, -0.1) is 0 Å². The SMILES string of the molecule is Cc1ccc(-c2cc(C(=O)NCCc3ccc(Cl)cc3)c3cnn(C)c3n2)c(C)c1. The van der Waals surface area contributed by atoms with Gasteiger partial charge in [0.25, 0.3) is 5.91 Å². The van der Waals surface area contributed by atoms with Crippen molar-refractivity contribution in [1.29, 1.82) is 0 Å². The lowest BCUT2D eigenvalue weighted by atomic mass is 10.0. The molecule has 4 rings (SSSR count). The summed E-state index contributed by atoms with van der Waals surface area (Å²) in [5, 5.41) is 8.79. The van der Waals surface area contributed by atoms with Crippen LogP contribution in [0.3, 0.4) is 0 Å². The van der Waals surface area contributed by atoms with Crippen molar-refractivity contribution in [3.63, 3.8) is 0 Å². The Morgan fingerprint density at radius 3 is 2.60 bits per heavy atom. The number of nitrogens with zero attached hydrogens (tertiary/aromatic N) is 3. The summed E-state index contributed by atoms with van der Waals surface area (Å²) in [5.41, 5.74) is 6.49. The minimum atomic E-state index is -0.129. The molecule has 30 heavy (non-hydrogen) atoms. The Labute approximate surface area is 180 Å². The number of aromatic nitrogens is 3. The summed E-state index contributed by atoms with van der Waals surface area (Å²) in [5.74, 6) is -0.129. The van der Waals surface area contributed by atoms with Crippen molar-refractivity contribution in [1.82, 2.24) is 20.1 Å². The second kappa shape index (κ2) is 8.28. The number of carbonyl (C=O) groups excluding carboxylic acids is 1. The molecule has 0 aliphatic heterocycles. The van der Waals surface area contributed by atoms with Crippen LogP contribution in [-0.4, -0.2) is 27.2 Å². The topological polar surface area (TPSA) is 59.8 Å². The highest BCUT2D eigenvalue weighted by atomic mass is 35.5. The molecule has 2 aromatic heterocycles. The first-order valence-electron chi connectivity index (χ1n) is 9.85. The van der Waals surface area contributed by atoms with Crippen molar-refractivity contribution in [2.24, 2.45) is 7.05 Å². The van der Waals surface area contributed by atoms with E-state index in [0.717, 1.165) is 34.2 Å². The van der Waals surface area contributed by atoms with Gasteiger partial charge in [-0.25, -0.2) is 4.98 Å². The third kappa shape index (κ3) is 4.07. The lowest BCUT2D eigenvalue weighted by molar-refractivity contribution is 0.0955. The zero-order valence-corrected chi connectivity index (χ0v) is 18.0. The summed E-state index contributed by atoms with van der Waals surface area (Å²) in [6, 6.07) is 15.8. The van der Waals surface area contributed by atoms with Crippen LogP contribution in [-0.2, 0) is 13.5 Å². The minimum absolute atomic E-state index is 0.129. The number of rotatable bonds is 5. The van der Waals surface area contributed by atoms with Crippen LogP contribution in [0.1, 0.15) is 27.0 Å². The summed E-state index contributed by atoms with van der Waals surface area (Å²) >= 11 is 5.94. The molecule has 1 N–H and O–H groups in total. The molecule has 0 unspecified atom stereocenters. The highest BCUT2D eigenvalue weighted by Crippen LogP contribution is 2.27. The maximum atomic E-state index is 13.0. The molecule has 2 aromatic carbocycles. The Kier molecular flexibility index (Phi) is 5.55. The Morgan fingerprint density at radius 2 is 1.87 bits per heavy atom. The van der Waals surface area contributed by atoms with Crippen LogP contribution in [0.5, 0.6) is 0 Å². The molecule has 6 heteroatoms. The molecule has 5 nitrogen and oxygen atoms in total. The van der Waals surface area contributed by atoms with E-state index in [9.17, 15) is 4.79 Å². The Morgan fingerprint density at radius 1 is 1.10 bits per heavy atom. The average molecular weight is 419 g/mol. The maximum Gasteiger partial charge on any atom is 0.252 e. The molecule has 0 aliphatic carbocycles. The van der Waals surface area contributed by atoms with Crippen LogP contribution >= 0.6 is 11.6 Å². The molecule has 4 aromatic rings. The first-order chi connectivity index (χ1) is 14.4. The fourth-order valence-electron chi connectivity index (χ4n) is 3.61. The number of fused-ring (bicyclic) bond motifs is 1. The van der Waals surface area contributed by atoms with Crippen LogP contribution in [0.4, 0.5) is 0 Å². The van der Waals surface area contributed by atoms with E-state index in [2.05, 4.69) is 42.5 Å². The molecule has 0 atom stereocenters. The van der Waals surface area contributed by atoms with Gasteiger partial charge >= 0.3 is 0 Å². The number of hydrogen-bond acceptors (Lipinski definition) is 3. The number of carbonyl (C=O) groups is 1. The number of benzene rings is 2. The largest absolute Gasteiger partial charge is 0.352 e. The normalized spacial score (nSPS) is 11.1. The number of nitrogens with one attached hydrogen (secondary N) is 1. The molecule has 2 heterocycles. The third-order valence-electron chi connectivity index (χ3n) is 5.22. The number of hydrogen-bond donors (Lipinski definition) is 1. The molecule has 0 saturated heterocycles. The third-order valence-corrected chi connectivity index (χ3v) is 5.47. The number of aryl methyl sites for hydroxylation is 3. The second-order valence-electron chi connectivity index (χ2n) is 7.51. The van der Waals surface area contributed by atoms with Crippen molar-refractivity contribution in [3.8, 4) is 11.3 Å². The number of amides is 1. The zero-order valence-electron chi connectivity index (χ0n) is 17.2. The van der Waals surface area contributed by atoms with Crippen molar-refractivity contribution >= 4 is 28.5 Å². The van der Waals surface area contributed by atoms with Gasteiger partial charge in [0.05, 0.1) is 22.8 Å². The van der Waals surface area contributed by atoms with E-state index in [-0.39, 0.29) is 5.91 Å². The predicted molar refractivity (Wildman–Crippen MR) is 121 cm³/mol. The highest BCUT2D eigenvalue weighted by molar-refractivity contribution is 6.30. The van der Waals surface area contributed by atoms with E-state index in [0.29, 0.717) is 22.8 Å². The summed E-state index contributed by atoms with van der Waals surface area (Å²) in [6.45, 7) is 4.65. The second-order valence-corrected chi connectivity index (χ2v) is 7.95. The average Bonchev–Trinajstić information content (AvgIpc) is 3.09. The van der Waals surface area contributed by atoms with E-state index in [1.165, 1.54) is 5.56 Å². The lowest BCUT2D eigenvalue weighted by Crippen LogP contribution is -2.26. The maximum absolute atomic E-state index is 13.0. The van der Waals surface area contributed by atoms with Crippen molar-refractivity contribution in [2.45, 2.75) is 20.3 Å². The van der Waals surface area contributed by atoms with Crippen LogP contribution in [0, 0.1) is 13.8 Å². The van der Waals surface area contributed by atoms with E-state index >= 15 is 0 Å². The van der Waals surface area contributed by atoms with Crippen LogP contribution in [0.15, 0.2) is 54.7 Å². The zero-order chi connectivity index (χ0) is 21.3. The van der Waals surface area contributed by atoms with Crippen molar-refractivity contribution < 1.29 is 4.79 Å². The van der Waals surface area contributed by atoms with Gasteiger partial charge in [0, 0.05) is 24.2 Å². The van der Waals surface area contributed by atoms with E-state index in [4.69, 9.17) is 16.6 Å². The van der Waals surface area contributed by atoms with Gasteiger partial charge < -0.3 is 5.32 Å². The Balaban J connectivity index is 1.63. The fraction of sp³-hybridized carbons (Fsp3) is 0.208. The first-order valence-corrected chi connectivity index (χ1v) is 10.2. The van der Waals surface area contributed by atoms with E-state index in [1.807, 2.05) is 37.4 Å². The van der Waals surface area contributed by atoms with Crippen LogP contribution in [0.25, 0.3) is 22.3 Å². The summed E-state index contributed by atoms with van der Waals surface area (Å²) in [7, 11) is 1.84. The summed E-state index contributed by atoms with van der Waals surface area (Å²) < 4.78 is 1.70. The molecule has 0 radical (unpaired) electrons. The summed E-state index contributed by atoms with van der Waals surface area (Å²) in [4.78, 5) is 17.8. The Hall–Kier alpha value is -3.18. The predicted octanol–water partition coefficient (Wildman–Crippen LogP) is 4.88. The van der Waals surface area contributed by atoms with Gasteiger partial charge in [-0.3, -0.25) is 9.48 Å². The lowest BCUT2D eigenvalue weighted by Gasteiger charge is -2.11. The fourth-order valence-corrected chi connectivity index (χ4v) is 3.73. The molecule has 1 amide bonds. The van der Waals surface area contributed by atoms with Gasteiger partial charge in [-0.1, -0.05) is 47.5 Å². The minimum Gasteiger partial charge on any atom is -0.352 e. The molecule has 0 saturated carbocycles. The quantitative estimate of drug-likeness (QED) is 0.502. The van der Waals surface area contributed by atoms with Gasteiger partial charge in [0.15, 0.2) is 5.65 Å². The van der Waals surface area contributed by atoms with Crippen LogP contribution < -0.4 is 5.32 Å². The van der Waals surface area contributed by atoms with Crippen molar-refractivity contribution in [2.75, 3.05) is 6.54 Å². The highest BCUT2D eigenvalue weighted by Gasteiger charge is 2.17. The van der Waals surface area contributed by atoms with Gasteiger partial charge in [-0.2, -0.15) is 5.10 Å². The summed E-state index contributed by atoms with van der Waals surface area (Å²) in [6.07, 6.45) is 2.43. The van der Waals surface area contributed by atoms with Gasteiger partial charge in [0.1, 0.15) is 0 Å². The van der Waals surface area contributed by atoms with Crippen LogP contribution in [0.2, 0.25) is 5.02 Å². The molecule has 0 fully saturated rings. The molecular formula is C24H23ClN4O. The molecule has 0 bridgehead atoms. The van der Waals surface area contributed by atoms with Crippen molar-refractivity contribution in [3.05, 3.63) is 82.0 Å². The molecule has 152 valence electrons.